The largest absolute Gasteiger partial charge is 1.00 e. The lowest BCUT2D eigenvalue weighted by Gasteiger charge is -2.11. The van der Waals surface area contributed by atoms with Crippen LogP contribution in [0.25, 0.3) is 0 Å². The van der Waals surface area contributed by atoms with Gasteiger partial charge in [0.25, 0.3) is 0 Å². The molecule has 0 fully saturated rings. The summed E-state index contributed by atoms with van der Waals surface area (Å²) in [5, 5.41) is 3.43. The second-order valence-corrected chi connectivity index (χ2v) is 4.83. The summed E-state index contributed by atoms with van der Waals surface area (Å²) in [6, 6.07) is 14.1. The summed E-state index contributed by atoms with van der Waals surface area (Å²) >= 11 is 0. The fourth-order valence-corrected chi connectivity index (χ4v) is 2.34. The molecule has 2 aromatic carbocycles. The molecule has 0 atom stereocenters. The first kappa shape index (κ1) is 16.5. The van der Waals surface area contributed by atoms with Crippen molar-refractivity contribution in [3.63, 3.8) is 0 Å². The van der Waals surface area contributed by atoms with E-state index in [4.69, 9.17) is 14.2 Å². The minimum absolute atomic E-state index is 0. The van der Waals surface area contributed by atoms with Crippen LogP contribution in [0.3, 0.4) is 0 Å². The topological polar surface area (TPSA) is 39.7 Å². The van der Waals surface area contributed by atoms with Crippen molar-refractivity contribution in [2.75, 3.05) is 13.4 Å². The Kier molecular flexibility index (Phi) is 5.92. The smallest absolute Gasteiger partial charge is 0.231 e. The summed E-state index contributed by atoms with van der Waals surface area (Å²) in [6.07, 6.45) is 0. The number of fused-ring (bicyclic) bond motifs is 1. The predicted molar refractivity (Wildman–Crippen MR) is 80.7 cm³/mol. The van der Waals surface area contributed by atoms with E-state index < -0.39 is 0 Å². The summed E-state index contributed by atoms with van der Waals surface area (Å²) in [5.74, 6) is 2.59. The van der Waals surface area contributed by atoms with Crippen LogP contribution in [0.2, 0.25) is 0 Å². The maximum atomic E-state index is 5.62. The lowest BCUT2D eigenvalue weighted by Crippen LogP contribution is -3.00. The Morgan fingerprint density at radius 1 is 1.05 bits per heavy atom. The highest BCUT2D eigenvalue weighted by Gasteiger charge is 2.12. The second kappa shape index (κ2) is 7.92. The molecule has 0 unspecified atom stereocenters. The molecule has 0 saturated carbocycles. The maximum absolute atomic E-state index is 5.62. The molecule has 2 aromatic rings. The molecule has 0 spiro atoms. The number of para-hydroxylation sites is 1. The maximum Gasteiger partial charge on any atom is 0.231 e. The van der Waals surface area contributed by atoms with Crippen molar-refractivity contribution in [3.05, 3.63) is 53.6 Å². The summed E-state index contributed by atoms with van der Waals surface area (Å²) in [7, 11) is 0. The SMILES string of the molecule is CCOc1ccccc1CNCc1ccc2c(c1)OCO2.[Cl-]. The first-order chi connectivity index (χ1) is 10.4. The van der Waals surface area contributed by atoms with Crippen molar-refractivity contribution in [1.29, 1.82) is 0 Å². The molecule has 118 valence electrons. The number of nitrogens with one attached hydrogen (secondary N) is 1. The van der Waals surface area contributed by atoms with Crippen molar-refractivity contribution >= 4 is 0 Å². The Morgan fingerprint density at radius 3 is 2.73 bits per heavy atom. The number of rotatable bonds is 6. The average Bonchev–Trinajstić information content (AvgIpc) is 2.97. The van der Waals surface area contributed by atoms with E-state index in [-0.39, 0.29) is 12.4 Å². The quantitative estimate of drug-likeness (QED) is 0.820. The molecule has 0 bridgehead atoms. The predicted octanol–water partition coefficient (Wildman–Crippen LogP) is 0.108. The van der Waals surface area contributed by atoms with Crippen LogP contribution >= 0.6 is 0 Å². The molecule has 1 aliphatic rings. The van der Waals surface area contributed by atoms with E-state index in [1.165, 1.54) is 11.1 Å². The van der Waals surface area contributed by atoms with Gasteiger partial charge in [0.15, 0.2) is 11.5 Å². The normalized spacial score (nSPS) is 11.9. The van der Waals surface area contributed by atoms with Gasteiger partial charge in [0.05, 0.1) is 6.61 Å². The van der Waals surface area contributed by atoms with Crippen molar-refractivity contribution < 1.29 is 26.6 Å². The lowest BCUT2D eigenvalue weighted by atomic mass is 10.1. The van der Waals surface area contributed by atoms with E-state index in [9.17, 15) is 0 Å². The van der Waals surface area contributed by atoms with Gasteiger partial charge in [-0.2, -0.15) is 0 Å². The molecule has 0 amide bonds. The van der Waals surface area contributed by atoms with Gasteiger partial charge in [-0.1, -0.05) is 24.3 Å². The zero-order chi connectivity index (χ0) is 14.5. The molecule has 0 radical (unpaired) electrons. The van der Waals surface area contributed by atoms with Gasteiger partial charge in [0.2, 0.25) is 6.79 Å². The van der Waals surface area contributed by atoms with Crippen LogP contribution in [0.1, 0.15) is 18.1 Å². The van der Waals surface area contributed by atoms with Gasteiger partial charge in [-0.05, 0) is 30.7 Å². The monoisotopic (exact) mass is 320 g/mol. The highest BCUT2D eigenvalue weighted by Crippen LogP contribution is 2.32. The van der Waals surface area contributed by atoms with E-state index in [0.29, 0.717) is 13.4 Å². The summed E-state index contributed by atoms with van der Waals surface area (Å²) in [4.78, 5) is 0. The lowest BCUT2D eigenvalue weighted by molar-refractivity contribution is -0.00000636. The Bertz CT molecular complexity index is 619. The minimum Gasteiger partial charge on any atom is -1.00 e. The molecule has 1 N–H and O–H groups in total. The standard InChI is InChI=1S/C17H19NO3.ClH/c1-2-19-15-6-4-3-5-14(15)11-18-10-13-7-8-16-17(9-13)21-12-20-16;/h3-9,18H,2,10-12H2,1H3;1H/p-1. The Labute approximate surface area is 136 Å². The Hall–Kier alpha value is -1.91. The number of hydrogen-bond donors (Lipinski definition) is 1. The van der Waals surface area contributed by atoms with Gasteiger partial charge in [-0.25, -0.2) is 0 Å². The van der Waals surface area contributed by atoms with Gasteiger partial charge >= 0.3 is 0 Å². The van der Waals surface area contributed by atoms with Gasteiger partial charge in [-0.15, -0.1) is 0 Å². The second-order valence-electron chi connectivity index (χ2n) is 4.83. The molecule has 22 heavy (non-hydrogen) atoms. The highest BCUT2D eigenvalue weighted by atomic mass is 35.5. The number of halogens is 1. The van der Waals surface area contributed by atoms with Crippen LogP contribution in [0, 0.1) is 0 Å². The molecule has 3 rings (SSSR count). The Morgan fingerprint density at radius 2 is 1.86 bits per heavy atom. The van der Waals surface area contributed by atoms with Gasteiger partial charge in [0, 0.05) is 18.7 Å². The highest BCUT2D eigenvalue weighted by molar-refractivity contribution is 5.44. The number of benzene rings is 2. The van der Waals surface area contributed by atoms with Crippen molar-refractivity contribution in [3.8, 4) is 17.2 Å². The summed E-state index contributed by atoms with van der Waals surface area (Å²) < 4.78 is 16.3. The van der Waals surface area contributed by atoms with Crippen LogP contribution in [-0.2, 0) is 13.1 Å². The number of ether oxygens (including phenoxy) is 3. The molecule has 4 nitrogen and oxygen atoms in total. The van der Waals surface area contributed by atoms with Crippen molar-refractivity contribution in [2.24, 2.45) is 0 Å². The van der Waals surface area contributed by atoms with Crippen LogP contribution in [0.4, 0.5) is 0 Å². The average molecular weight is 321 g/mol. The van der Waals surface area contributed by atoms with E-state index in [2.05, 4.69) is 17.4 Å². The number of hydrogen-bond acceptors (Lipinski definition) is 4. The van der Waals surface area contributed by atoms with Crippen LogP contribution in [0.15, 0.2) is 42.5 Å². The van der Waals surface area contributed by atoms with Crippen molar-refractivity contribution in [2.45, 2.75) is 20.0 Å². The summed E-state index contributed by atoms with van der Waals surface area (Å²) in [6.45, 7) is 4.53. The molecular weight excluding hydrogens is 302 g/mol. The minimum atomic E-state index is 0. The van der Waals surface area contributed by atoms with Crippen LogP contribution < -0.4 is 31.9 Å². The first-order valence-electron chi connectivity index (χ1n) is 7.17. The molecule has 0 saturated heterocycles. The van der Waals surface area contributed by atoms with Gasteiger partial charge in [0.1, 0.15) is 5.75 Å². The van der Waals surface area contributed by atoms with E-state index in [1.54, 1.807) is 0 Å². The molecule has 5 heteroatoms. The fraction of sp³-hybridized carbons (Fsp3) is 0.294. The molecule has 0 aromatic heterocycles. The van der Waals surface area contributed by atoms with E-state index >= 15 is 0 Å². The molecular formula is C17H19ClNO3-. The van der Waals surface area contributed by atoms with Gasteiger partial charge < -0.3 is 31.9 Å². The Balaban J connectivity index is 0.00000176. The van der Waals surface area contributed by atoms with E-state index in [0.717, 1.165) is 30.3 Å². The molecule has 1 aliphatic heterocycles. The first-order valence-corrected chi connectivity index (χ1v) is 7.17. The zero-order valence-electron chi connectivity index (χ0n) is 12.5. The molecule has 0 aliphatic carbocycles. The van der Waals surface area contributed by atoms with Crippen LogP contribution in [-0.4, -0.2) is 13.4 Å². The van der Waals surface area contributed by atoms with Gasteiger partial charge in [-0.3, -0.25) is 0 Å². The fourth-order valence-electron chi connectivity index (χ4n) is 2.34. The van der Waals surface area contributed by atoms with Crippen molar-refractivity contribution in [1.82, 2.24) is 5.32 Å². The zero-order valence-corrected chi connectivity index (χ0v) is 13.2. The summed E-state index contributed by atoms with van der Waals surface area (Å²) in [5.41, 5.74) is 2.34. The third-order valence-corrected chi connectivity index (χ3v) is 3.35. The third kappa shape index (κ3) is 3.84. The van der Waals surface area contributed by atoms with E-state index in [1.807, 2.05) is 37.3 Å². The van der Waals surface area contributed by atoms with Crippen LogP contribution in [0.5, 0.6) is 17.2 Å². The third-order valence-electron chi connectivity index (χ3n) is 3.35. The molecule has 1 heterocycles.